The van der Waals surface area contributed by atoms with Crippen LogP contribution in [0.2, 0.25) is 0 Å². The van der Waals surface area contributed by atoms with Crippen LogP contribution < -0.4 is 4.90 Å². The molecule has 0 spiro atoms. The summed E-state index contributed by atoms with van der Waals surface area (Å²) in [6.45, 7) is 6.33. The van der Waals surface area contributed by atoms with Crippen LogP contribution in [0.15, 0.2) is 41.3 Å². The standard InChI is InChI=1S/C21H23NO2S/c1-5-13(3)16-9-7-8-14(6-2)19(16)22-20(23)17-11-10-15(25-4)12-18(17)21(22)24/h7-13H,5-6H2,1-4H3. The van der Waals surface area contributed by atoms with Gasteiger partial charge in [0.2, 0.25) is 0 Å². The Labute approximate surface area is 153 Å². The van der Waals surface area contributed by atoms with Gasteiger partial charge in [0.05, 0.1) is 16.8 Å². The monoisotopic (exact) mass is 353 g/mol. The topological polar surface area (TPSA) is 37.4 Å². The molecule has 1 aliphatic heterocycles. The van der Waals surface area contributed by atoms with Crippen molar-refractivity contribution in [3.8, 4) is 0 Å². The summed E-state index contributed by atoms with van der Waals surface area (Å²) in [7, 11) is 0. The lowest BCUT2D eigenvalue weighted by Crippen LogP contribution is -2.31. The molecule has 0 aliphatic carbocycles. The van der Waals surface area contributed by atoms with Gasteiger partial charge in [-0.3, -0.25) is 9.59 Å². The van der Waals surface area contributed by atoms with Crippen LogP contribution in [0.4, 0.5) is 5.69 Å². The van der Waals surface area contributed by atoms with Crippen molar-refractivity contribution in [2.24, 2.45) is 0 Å². The van der Waals surface area contributed by atoms with Crippen LogP contribution >= 0.6 is 11.8 Å². The number of para-hydroxylation sites is 1. The summed E-state index contributed by atoms with van der Waals surface area (Å²) in [5.41, 5.74) is 3.91. The lowest BCUT2D eigenvalue weighted by molar-refractivity contribution is 0.0925. The summed E-state index contributed by atoms with van der Waals surface area (Å²) in [4.78, 5) is 28.5. The highest BCUT2D eigenvalue weighted by Gasteiger charge is 2.39. The first kappa shape index (κ1) is 17.7. The summed E-state index contributed by atoms with van der Waals surface area (Å²) in [6.07, 6.45) is 3.71. The van der Waals surface area contributed by atoms with Crippen molar-refractivity contribution in [1.82, 2.24) is 0 Å². The van der Waals surface area contributed by atoms with Crippen molar-refractivity contribution in [2.45, 2.75) is 44.4 Å². The minimum absolute atomic E-state index is 0.207. The maximum Gasteiger partial charge on any atom is 0.266 e. The summed E-state index contributed by atoms with van der Waals surface area (Å²) in [5.74, 6) is -0.132. The van der Waals surface area contributed by atoms with Crippen molar-refractivity contribution < 1.29 is 9.59 Å². The molecule has 1 atom stereocenters. The zero-order valence-corrected chi connectivity index (χ0v) is 15.9. The molecule has 4 heteroatoms. The molecule has 2 aromatic rings. The second kappa shape index (κ2) is 7.04. The minimum Gasteiger partial charge on any atom is -0.268 e. The minimum atomic E-state index is -0.210. The summed E-state index contributed by atoms with van der Waals surface area (Å²) in [5, 5.41) is 0. The predicted molar refractivity (Wildman–Crippen MR) is 104 cm³/mol. The summed E-state index contributed by atoms with van der Waals surface area (Å²) >= 11 is 1.57. The molecule has 0 aromatic heterocycles. The third kappa shape index (κ3) is 2.89. The Kier molecular flexibility index (Phi) is 5.00. The van der Waals surface area contributed by atoms with E-state index >= 15 is 0 Å². The molecule has 0 saturated carbocycles. The number of nitrogens with zero attached hydrogens (tertiary/aromatic N) is 1. The van der Waals surface area contributed by atoms with Gasteiger partial charge in [-0.2, -0.15) is 0 Å². The number of hydrogen-bond acceptors (Lipinski definition) is 3. The van der Waals surface area contributed by atoms with E-state index in [1.165, 1.54) is 4.90 Å². The maximum atomic E-state index is 13.1. The number of hydrogen-bond donors (Lipinski definition) is 0. The van der Waals surface area contributed by atoms with Gasteiger partial charge in [-0.25, -0.2) is 4.90 Å². The Balaban J connectivity index is 2.18. The molecule has 0 bridgehead atoms. The van der Waals surface area contributed by atoms with E-state index in [4.69, 9.17) is 0 Å². The first-order valence-corrected chi connectivity index (χ1v) is 9.94. The van der Waals surface area contributed by atoms with Gasteiger partial charge < -0.3 is 0 Å². The van der Waals surface area contributed by atoms with Crippen LogP contribution in [0.25, 0.3) is 0 Å². The molecule has 0 fully saturated rings. The van der Waals surface area contributed by atoms with E-state index in [0.29, 0.717) is 11.1 Å². The van der Waals surface area contributed by atoms with Crippen LogP contribution in [-0.2, 0) is 6.42 Å². The van der Waals surface area contributed by atoms with Gasteiger partial charge >= 0.3 is 0 Å². The van der Waals surface area contributed by atoms with Crippen LogP contribution in [0.5, 0.6) is 0 Å². The highest BCUT2D eigenvalue weighted by molar-refractivity contribution is 7.98. The van der Waals surface area contributed by atoms with E-state index in [0.717, 1.165) is 34.6 Å². The molecular formula is C21H23NO2S. The third-order valence-corrected chi connectivity index (χ3v) is 5.72. The van der Waals surface area contributed by atoms with Crippen molar-refractivity contribution >= 4 is 29.3 Å². The van der Waals surface area contributed by atoms with Crippen LogP contribution in [0, 0.1) is 0 Å². The smallest absolute Gasteiger partial charge is 0.266 e. The highest BCUT2D eigenvalue weighted by Crippen LogP contribution is 2.38. The first-order chi connectivity index (χ1) is 12.0. The van der Waals surface area contributed by atoms with Gasteiger partial charge in [0.1, 0.15) is 0 Å². The largest absolute Gasteiger partial charge is 0.268 e. The van der Waals surface area contributed by atoms with Crippen LogP contribution in [-0.4, -0.2) is 18.1 Å². The van der Waals surface area contributed by atoms with Crippen molar-refractivity contribution in [3.63, 3.8) is 0 Å². The Bertz CT molecular complexity index is 844. The number of thioether (sulfide) groups is 1. The number of rotatable bonds is 5. The van der Waals surface area contributed by atoms with E-state index in [-0.39, 0.29) is 17.7 Å². The van der Waals surface area contributed by atoms with E-state index in [9.17, 15) is 9.59 Å². The van der Waals surface area contributed by atoms with Crippen LogP contribution in [0.3, 0.4) is 0 Å². The fourth-order valence-corrected chi connectivity index (χ4v) is 3.78. The Hall–Kier alpha value is -2.07. The van der Waals surface area contributed by atoms with Crippen molar-refractivity contribution in [2.75, 3.05) is 11.2 Å². The van der Waals surface area contributed by atoms with Crippen LogP contribution in [0.1, 0.15) is 65.0 Å². The van der Waals surface area contributed by atoms with E-state index in [1.807, 2.05) is 36.6 Å². The van der Waals surface area contributed by atoms with E-state index in [1.54, 1.807) is 17.8 Å². The lowest BCUT2D eigenvalue weighted by atomic mass is 9.93. The molecule has 1 heterocycles. The lowest BCUT2D eigenvalue weighted by Gasteiger charge is -2.24. The molecule has 0 radical (unpaired) electrons. The number of imide groups is 1. The molecule has 2 aromatic carbocycles. The van der Waals surface area contributed by atoms with Gasteiger partial charge in [-0.05, 0) is 54.3 Å². The number of benzene rings is 2. The second-order valence-electron chi connectivity index (χ2n) is 6.38. The van der Waals surface area contributed by atoms with Gasteiger partial charge in [0.15, 0.2) is 0 Å². The number of amides is 2. The fourth-order valence-electron chi connectivity index (χ4n) is 3.34. The molecule has 3 nitrogen and oxygen atoms in total. The van der Waals surface area contributed by atoms with Gasteiger partial charge in [-0.15, -0.1) is 11.8 Å². The predicted octanol–water partition coefficient (Wildman–Crippen LogP) is 5.29. The maximum absolute atomic E-state index is 13.1. The number of fused-ring (bicyclic) bond motifs is 1. The van der Waals surface area contributed by atoms with E-state index < -0.39 is 0 Å². The highest BCUT2D eigenvalue weighted by atomic mass is 32.2. The molecule has 1 aliphatic rings. The summed E-state index contributed by atoms with van der Waals surface area (Å²) in [6, 6.07) is 11.6. The van der Waals surface area contributed by atoms with E-state index in [2.05, 4.69) is 20.8 Å². The molecule has 130 valence electrons. The molecule has 0 saturated heterocycles. The average molecular weight is 353 g/mol. The van der Waals surface area contributed by atoms with Gasteiger partial charge in [0, 0.05) is 4.90 Å². The Morgan fingerprint density at radius 1 is 1.04 bits per heavy atom. The zero-order chi connectivity index (χ0) is 18.1. The van der Waals surface area contributed by atoms with Gasteiger partial charge in [-0.1, -0.05) is 39.0 Å². The first-order valence-electron chi connectivity index (χ1n) is 8.72. The van der Waals surface area contributed by atoms with Gasteiger partial charge in [0.25, 0.3) is 11.8 Å². The summed E-state index contributed by atoms with van der Waals surface area (Å²) < 4.78 is 0. The zero-order valence-electron chi connectivity index (χ0n) is 15.1. The fraction of sp³-hybridized carbons (Fsp3) is 0.333. The number of aryl methyl sites for hydroxylation is 1. The normalized spacial score (nSPS) is 14.8. The average Bonchev–Trinajstić information content (AvgIpc) is 2.90. The third-order valence-electron chi connectivity index (χ3n) is 4.99. The van der Waals surface area contributed by atoms with Crippen molar-refractivity contribution in [1.29, 1.82) is 0 Å². The number of anilines is 1. The molecular weight excluding hydrogens is 330 g/mol. The SMILES string of the molecule is CCc1cccc(C(C)CC)c1N1C(=O)c2ccc(SC)cc2C1=O. The molecule has 0 N–H and O–H groups in total. The van der Waals surface area contributed by atoms with Crippen molar-refractivity contribution in [3.05, 3.63) is 58.7 Å². The molecule has 3 rings (SSSR count). The molecule has 2 amide bonds. The second-order valence-corrected chi connectivity index (χ2v) is 7.25. The molecule has 1 unspecified atom stereocenters. The molecule has 25 heavy (non-hydrogen) atoms. The Morgan fingerprint density at radius 3 is 2.40 bits per heavy atom. The Morgan fingerprint density at radius 2 is 1.76 bits per heavy atom. The quantitative estimate of drug-likeness (QED) is 0.542. The number of carbonyl (C=O) groups excluding carboxylic acids is 2. The number of carbonyl (C=O) groups is 2.